The SMILES string of the molecule is CCc1ccc2cc(C(=O)OC)ccc2c1.COC(=O)Oc1ccc2cc(C)ccc2c1. The van der Waals surface area contributed by atoms with Gasteiger partial charge in [-0.15, -0.1) is 0 Å². The van der Waals surface area contributed by atoms with Gasteiger partial charge in [-0.05, 0) is 64.7 Å². The number of esters is 1. The van der Waals surface area contributed by atoms with Crippen molar-refractivity contribution in [3.8, 4) is 5.75 Å². The maximum atomic E-state index is 11.4. The number of rotatable bonds is 3. The van der Waals surface area contributed by atoms with Gasteiger partial charge in [0.15, 0.2) is 0 Å². The summed E-state index contributed by atoms with van der Waals surface area (Å²) in [5, 5.41) is 4.39. The monoisotopic (exact) mass is 430 g/mol. The van der Waals surface area contributed by atoms with E-state index in [1.807, 2.05) is 49.4 Å². The third-order valence-corrected chi connectivity index (χ3v) is 5.07. The summed E-state index contributed by atoms with van der Waals surface area (Å²) in [6, 6.07) is 23.5. The van der Waals surface area contributed by atoms with Crippen LogP contribution in [0.15, 0.2) is 72.8 Å². The van der Waals surface area contributed by atoms with Crippen molar-refractivity contribution in [3.63, 3.8) is 0 Å². The van der Waals surface area contributed by atoms with E-state index in [9.17, 15) is 9.59 Å². The van der Waals surface area contributed by atoms with Crippen molar-refractivity contribution in [2.75, 3.05) is 14.2 Å². The lowest BCUT2D eigenvalue weighted by atomic mass is 10.0. The van der Waals surface area contributed by atoms with E-state index in [2.05, 4.69) is 29.9 Å². The van der Waals surface area contributed by atoms with E-state index in [4.69, 9.17) is 9.47 Å². The standard InChI is InChI=1S/C14H14O2.C13H12O3/c1-3-10-4-5-12-9-13(14(15)16-2)7-6-11(12)8-10;1-9-3-4-11-8-12(16-13(14)15-2)6-5-10(11)7-9/h4-9H,3H2,1-2H3;3-8H,1-2H3. The Bertz CT molecular complexity index is 1260. The summed E-state index contributed by atoms with van der Waals surface area (Å²) in [4.78, 5) is 22.3. The van der Waals surface area contributed by atoms with Crippen LogP contribution in [-0.2, 0) is 15.9 Å². The predicted molar refractivity (Wildman–Crippen MR) is 126 cm³/mol. The molecule has 5 nitrogen and oxygen atoms in total. The minimum atomic E-state index is -0.702. The fourth-order valence-corrected chi connectivity index (χ4v) is 3.30. The third kappa shape index (κ3) is 5.64. The first kappa shape index (κ1) is 22.8. The Morgan fingerprint density at radius 2 is 1.34 bits per heavy atom. The van der Waals surface area contributed by atoms with Gasteiger partial charge in [-0.25, -0.2) is 9.59 Å². The molecule has 4 rings (SSSR count). The molecule has 0 aromatic heterocycles. The lowest BCUT2D eigenvalue weighted by Crippen LogP contribution is -2.06. The highest BCUT2D eigenvalue weighted by atomic mass is 16.7. The van der Waals surface area contributed by atoms with E-state index < -0.39 is 6.16 Å². The number of carbonyl (C=O) groups is 2. The van der Waals surface area contributed by atoms with Crippen LogP contribution in [0.25, 0.3) is 21.5 Å². The molecule has 32 heavy (non-hydrogen) atoms. The lowest BCUT2D eigenvalue weighted by molar-refractivity contribution is 0.0601. The van der Waals surface area contributed by atoms with Gasteiger partial charge in [0.1, 0.15) is 5.75 Å². The maximum Gasteiger partial charge on any atom is 0.513 e. The van der Waals surface area contributed by atoms with Crippen LogP contribution < -0.4 is 4.74 Å². The molecule has 0 atom stereocenters. The normalized spacial score (nSPS) is 10.2. The average Bonchev–Trinajstić information content (AvgIpc) is 2.83. The molecule has 0 bridgehead atoms. The summed E-state index contributed by atoms with van der Waals surface area (Å²) >= 11 is 0. The number of fused-ring (bicyclic) bond motifs is 2. The number of carbonyl (C=O) groups excluding carboxylic acids is 2. The fourth-order valence-electron chi connectivity index (χ4n) is 3.30. The average molecular weight is 431 g/mol. The fraction of sp³-hybridized carbons (Fsp3) is 0.185. The number of ether oxygens (including phenoxy) is 3. The largest absolute Gasteiger partial charge is 0.513 e. The van der Waals surface area contributed by atoms with Crippen LogP contribution in [0, 0.1) is 6.92 Å². The zero-order valence-corrected chi connectivity index (χ0v) is 18.7. The van der Waals surface area contributed by atoms with E-state index in [-0.39, 0.29) is 5.97 Å². The Kier molecular flexibility index (Phi) is 7.45. The summed E-state index contributed by atoms with van der Waals surface area (Å²) in [5.74, 6) is 0.199. The van der Waals surface area contributed by atoms with Gasteiger partial charge in [-0.2, -0.15) is 0 Å². The zero-order chi connectivity index (χ0) is 23.1. The van der Waals surface area contributed by atoms with Crippen LogP contribution >= 0.6 is 0 Å². The summed E-state index contributed by atoms with van der Waals surface area (Å²) < 4.78 is 14.1. The number of hydrogen-bond acceptors (Lipinski definition) is 5. The molecule has 0 aliphatic rings. The van der Waals surface area contributed by atoms with Crippen molar-refractivity contribution >= 4 is 33.7 Å². The topological polar surface area (TPSA) is 61.8 Å². The second kappa shape index (κ2) is 10.4. The molecular formula is C27H26O5. The van der Waals surface area contributed by atoms with Crippen molar-refractivity contribution in [3.05, 3.63) is 89.5 Å². The quantitative estimate of drug-likeness (QED) is 0.275. The van der Waals surface area contributed by atoms with Crippen molar-refractivity contribution < 1.29 is 23.8 Å². The van der Waals surface area contributed by atoms with Crippen molar-refractivity contribution in [1.82, 2.24) is 0 Å². The summed E-state index contributed by atoms with van der Waals surface area (Å²) in [6.07, 6.45) is 0.320. The van der Waals surface area contributed by atoms with Gasteiger partial charge < -0.3 is 14.2 Å². The molecule has 0 aliphatic carbocycles. The Hall–Kier alpha value is -3.86. The molecule has 0 unspecified atom stereocenters. The van der Waals surface area contributed by atoms with Gasteiger partial charge in [0, 0.05) is 0 Å². The molecule has 164 valence electrons. The highest BCUT2D eigenvalue weighted by Crippen LogP contribution is 2.22. The first-order chi connectivity index (χ1) is 15.4. The minimum Gasteiger partial charge on any atom is -0.465 e. The molecule has 0 heterocycles. The molecule has 0 amide bonds. The Morgan fingerprint density at radius 3 is 2.06 bits per heavy atom. The summed E-state index contributed by atoms with van der Waals surface area (Å²) in [5.41, 5.74) is 3.10. The molecule has 0 saturated heterocycles. The lowest BCUT2D eigenvalue weighted by Gasteiger charge is -2.04. The second-order valence-corrected chi connectivity index (χ2v) is 7.31. The van der Waals surface area contributed by atoms with E-state index in [0.717, 1.165) is 28.0 Å². The molecule has 0 radical (unpaired) electrons. The first-order valence-corrected chi connectivity index (χ1v) is 10.3. The van der Waals surface area contributed by atoms with Gasteiger partial charge in [0.2, 0.25) is 0 Å². The van der Waals surface area contributed by atoms with Crippen LogP contribution in [-0.4, -0.2) is 26.3 Å². The van der Waals surface area contributed by atoms with Gasteiger partial charge in [0.05, 0.1) is 19.8 Å². The van der Waals surface area contributed by atoms with Crippen LogP contribution in [0.1, 0.15) is 28.4 Å². The molecule has 0 aliphatic heterocycles. The molecular weight excluding hydrogens is 404 g/mol. The van der Waals surface area contributed by atoms with E-state index in [0.29, 0.717) is 11.3 Å². The van der Waals surface area contributed by atoms with Crippen molar-refractivity contribution in [2.24, 2.45) is 0 Å². The number of aryl methyl sites for hydroxylation is 2. The van der Waals surface area contributed by atoms with Crippen LogP contribution in [0.3, 0.4) is 0 Å². The van der Waals surface area contributed by atoms with E-state index in [1.165, 1.54) is 25.3 Å². The highest BCUT2D eigenvalue weighted by molar-refractivity contribution is 5.95. The van der Waals surface area contributed by atoms with Crippen LogP contribution in [0.2, 0.25) is 0 Å². The molecule has 0 spiro atoms. The van der Waals surface area contributed by atoms with Gasteiger partial charge in [0.25, 0.3) is 0 Å². The predicted octanol–water partition coefficient (Wildman–Crippen LogP) is 6.48. The van der Waals surface area contributed by atoms with Crippen molar-refractivity contribution in [2.45, 2.75) is 20.3 Å². The minimum absolute atomic E-state index is 0.290. The number of hydrogen-bond donors (Lipinski definition) is 0. The Balaban J connectivity index is 0.000000181. The number of benzene rings is 4. The van der Waals surface area contributed by atoms with Crippen molar-refractivity contribution in [1.29, 1.82) is 0 Å². The first-order valence-electron chi connectivity index (χ1n) is 10.3. The molecule has 4 aromatic rings. The molecule has 0 N–H and O–H groups in total. The molecule has 5 heteroatoms. The molecule has 0 saturated carbocycles. The summed E-state index contributed by atoms with van der Waals surface area (Å²) in [6.45, 7) is 4.17. The third-order valence-electron chi connectivity index (χ3n) is 5.07. The Morgan fingerprint density at radius 1 is 0.719 bits per heavy atom. The zero-order valence-electron chi connectivity index (χ0n) is 18.7. The van der Waals surface area contributed by atoms with Gasteiger partial charge in [-0.3, -0.25) is 0 Å². The maximum absolute atomic E-state index is 11.4. The van der Waals surface area contributed by atoms with Gasteiger partial charge in [-0.1, -0.05) is 61.0 Å². The summed E-state index contributed by atoms with van der Waals surface area (Å²) in [7, 11) is 2.68. The van der Waals surface area contributed by atoms with E-state index in [1.54, 1.807) is 12.1 Å². The second-order valence-electron chi connectivity index (χ2n) is 7.31. The smallest absolute Gasteiger partial charge is 0.465 e. The number of methoxy groups -OCH3 is 2. The van der Waals surface area contributed by atoms with Gasteiger partial charge >= 0.3 is 12.1 Å². The van der Waals surface area contributed by atoms with Crippen LogP contribution in [0.4, 0.5) is 4.79 Å². The van der Waals surface area contributed by atoms with E-state index >= 15 is 0 Å². The Labute approximate surface area is 187 Å². The highest BCUT2D eigenvalue weighted by Gasteiger charge is 2.06. The van der Waals surface area contributed by atoms with Crippen LogP contribution in [0.5, 0.6) is 5.75 Å². The molecule has 4 aromatic carbocycles. The molecule has 0 fully saturated rings.